The van der Waals surface area contributed by atoms with Gasteiger partial charge >= 0.3 is 0 Å². The summed E-state index contributed by atoms with van der Waals surface area (Å²) in [5.41, 5.74) is 2.42. The lowest BCUT2D eigenvalue weighted by Gasteiger charge is -2.34. The second-order valence-corrected chi connectivity index (χ2v) is 9.51. The van der Waals surface area contributed by atoms with Gasteiger partial charge in [-0.25, -0.2) is 4.39 Å². The average molecular weight is 493 g/mol. The van der Waals surface area contributed by atoms with E-state index in [1.165, 1.54) is 17.4 Å². The van der Waals surface area contributed by atoms with E-state index >= 15 is 0 Å². The molecule has 168 valence electrons. The molecular weight excluding hydrogens is 470 g/mol. The third kappa shape index (κ3) is 5.44. The molecule has 1 fully saturated rings. The largest absolute Gasteiger partial charge is 0.489 e. The van der Waals surface area contributed by atoms with Crippen LogP contribution < -0.4 is 4.74 Å². The van der Waals surface area contributed by atoms with E-state index in [9.17, 15) is 9.18 Å². The number of halogens is 3. The van der Waals surface area contributed by atoms with Gasteiger partial charge < -0.3 is 9.64 Å². The van der Waals surface area contributed by atoms with Crippen LogP contribution in [0, 0.1) is 12.7 Å². The van der Waals surface area contributed by atoms with Crippen molar-refractivity contribution in [1.82, 2.24) is 9.80 Å². The van der Waals surface area contributed by atoms with Gasteiger partial charge in [0.1, 0.15) is 18.2 Å². The molecule has 0 radical (unpaired) electrons. The summed E-state index contributed by atoms with van der Waals surface area (Å²) < 4.78 is 19.9. The predicted octanol–water partition coefficient (Wildman–Crippen LogP) is 6.04. The minimum absolute atomic E-state index is 0.0205. The van der Waals surface area contributed by atoms with E-state index in [-0.39, 0.29) is 11.7 Å². The standard InChI is InChI=1S/C24H23Cl2FN2O2S/c1-16-11-18(5-6-20(16)25)31-14-17-12-23(32-15-17)24(30)29-9-7-28(8-10-29)13-19-21(26)3-2-4-22(19)27/h2-6,11-12,15H,7-10,13-14H2,1H3. The van der Waals surface area contributed by atoms with Gasteiger partial charge in [-0.1, -0.05) is 29.3 Å². The maximum atomic E-state index is 14.1. The molecule has 1 aromatic heterocycles. The average Bonchev–Trinajstić information content (AvgIpc) is 3.26. The molecule has 3 aromatic rings. The van der Waals surface area contributed by atoms with Crippen LogP contribution in [-0.4, -0.2) is 41.9 Å². The van der Waals surface area contributed by atoms with Gasteiger partial charge in [0.05, 0.1) is 4.88 Å². The molecule has 0 bridgehead atoms. The van der Waals surface area contributed by atoms with E-state index in [0.29, 0.717) is 59.8 Å². The van der Waals surface area contributed by atoms with Crippen LogP contribution in [0.4, 0.5) is 4.39 Å². The monoisotopic (exact) mass is 492 g/mol. The molecule has 0 unspecified atom stereocenters. The number of carbonyl (C=O) groups excluding carboxylic acids is 1. The normalized spacial score (nSPS) is 14.6. The van der Waals surface area contributed by atoms with E-state index in [1.54, 1.807) is 12.1 Å². The van der Waals surface area contributed by atoms with Crippen LogP contribution >= 0.6 is 34.5 Å². The lowest BCUT2D eigenvalue weighted by Crippen LogP contribution is -2.48. The van der Waals surface area contributed by atoms with Gasteiger partial charge in [-0.15, -0.1) is 11.3 Å². The fourth-order valence-corrected chi connectivity index (χ4v) is 4.81. The van der Waals surface area contributed by atoms with Crippen molar-refractivity contribution >= 4 is 40.4 Å². The zero-order valence-electron chi connectivity index (χ0n) is 17.6. The van der Waals surface area contributed by atoms with Gasteiger partial charge in [-0.3, -0.25) is 9.69 Å². The van der Waals surface area contributed by atoms with Crippen LogP contribution in [0.2, 0.25) is 10.0 Å². The molecule has 0 atom stereocenters. The highest BCUT2D eigenvalue weighted by Crippen LogP contribution is 2.25. The van der Waals surface area contributed by atoms with Crippen molar-refractivity contribution in [2.75, 3.05) is 26.2 Å². The van der Waals surface area contributed by atoms with E-state index < -0.39 is 0 Å². The van der Waals surface area contributed by atoms with Gasteiger partial charge in [0, 0.05) is 53.9 Å². The molecule has 4 nitrogen and oxygen atoms in total. The van der Waals surface area contributed by atoms with Gasteiger partial charge in [-0.05, 0) is 54.3 Å². The van der Waals surface area contributed by atoms with Crippen LogP contribution in [0.1, 0.15) is 26.4 Å². The van der Waals surface area contributed by atoms with Crippen molar-refractivity contribution in [2.45, 2.75) is 20.1 Å². The van der Waals surface area contributed by atoms with E-state index in [4.69, 9.17) is 27.9 Å². The summed E-state index contributed by atoms with van der Waals surface area (Å²) >= 11 is 13.6. The number of hydrogen-bond acceptors (Lipinski definition) is 4. The highest BCUT2D eigenvalue weighted by Gasteiger charge is 2.24. The second kappa shape index (κ2) is 10.2. The zero-order valence-corrected chi connectivity index (χ0v) is 19.9. The molecule has 4 rings (SSSR count). The first-order valence-corrected chi connectivity index (χ1v) is 11.9. The number of nitrogens with zero attached hydrogens (tertiary/aromatic N) is 2. The van der Waals surface area contributed by atoms with Crippen molar-refractivity contribution in [2.24, 2.45) is 0 Å². The van der Waals surface area contributed by atoms with Gasteiger partial charge in [0.25, 0.3) is 5.91 Å². The SMILES string of the molecule is Cc1cc(OCc2csc(C(=O)N3CCN(Cc4c(F)cccc4Cl)CC3)c2)ccc1Cl. The molecule has 0 aliphatic carbocycles. The fourth-order valence-electron chi connectivity index (χ4n) is 3.61. The number of rotatable bonds is 6. The smallest absolute Gasteiger partial charge is 0.264 e. The summed E-state index contributed by atoms with van der Waals surface area (Å²) in [6.07, 6.45) is 0. The van der Waals surface area contributed by atoms with Crippen molar-refractivity contribution in [1.29, 1.82) is 0 Å². The maximum absolute atomic E-state index is 14.1. The minimum atomic E-state index is -0.293. The molecule has 2 heterocycles. The molecule has 1 aliphatic rings. The first-order chi connectivity index (χ1) is 15.4. The Balaban J connectivity index is 1.30. The summed E-state index contributed by atoms with van der Waals surface area (Å²) in [5, 5.41) is 3.09. The number of aryl methyl sites for hydroxylation is 1. The lowest BCUT2D eigenvalue weighted by molar-refractivity contribution is 0.0631. The summed E-state index contributed by atoms with van der Waals surface area (Å²) in [7, 11) is 0. The van der Waals surface area contributed by atoms with Crippen molar-refractivity contribution in [3.63, 3.8) is 0 Å². The highest BCUT2D eigenvalue weighted by molar-refractivity contribution is 7.12. The summed E-state index contributed by atoms with van der Waals surface area (Å²) in [6, 6.07) is 12.2. The van der Waals surface area contributed by atoms with E-state index in [2.05, 4.69) is 4.90 Å². The number of piperazine rings is 1. The zero-order chi connectivity index (χ0) is 22.7. The number of thiophene rings is 1. The molecule has 1 saturated heterocycles. The molecule has 0 spiro atoms. The van der Waals surface area contributed by atoms with Gasteiger partial charge in [-0.2, -0.15) is 0 Å². The first-order valence-electron chi connectivity index (χ1n) is 10.3. The Kier molecular flexibility index (Phi) is 7.36. The molecule has 1 amide bonds. The second-order valence-electron chi connectivity index (χ2n) is 7.79. The van der Waals surface area contributed by atoms with Crippen molar-refractivity contribution < 1.29 is 13.9 Å². The van der Waals surface area contributed by atoms with Crippen LogP contribution in [0.15, 0.2) is 47.8 Å². The maximum Gasteiger partial charge on any atom is 0.264 e. The lowest BCUT2D eigenvalue weighted by atomic mass is 10.1. The Morgan fingerprint density at radius 2 is 1.88 bits per heavy atom. The third-order valence-electron chi connectivity index (χ3n) is 5.50. The van der Waals surface area contributed by atoms with Crippen LogP contribution in [0.5, 0.6) is 5.75 Å². The van der Waals surface area contributed by atoms with Gasteiger partial charge in [0.2, 0.25) is 0 Å². The highest BCUT2D eigenvalue weighted by atomic mass is 35.5. The van der Waals surface area contributed by atoms with Crippen molar-refractivity contribution in [3.05, 3.63) is 85.3 Å². The number of benzene rings is 2. The molecule has 8 heteroatoms. The van der Waals surface area contributed by atoms with Crippen molar-refractivity contribution in [3.8, 4) is 5.75 Å². The van der Waals surface area contributed by atoms with Crippen LogP contribution in [0.25, 0.3) is 0 Å². The predicted molar refractivity (Wildman–Crippen MR) is 127 cm³/mol. The number of hydrogen-bond donors (Lipinski definition) is 0. The Bertz CT molecular complexity index is 1090. The Hall–Kier alpha value is -2.12. The van der Waals surface area contributed by atoms with Gasteiger partial charge in [0.15, 0.2) is 0 Å². The fraction of sp³-hybridized carbons (Fsp3) is 0.292. The van der Waals surface area contributed by atoms with Crippen LogP contribution in [-0.2, 0) is 13.2 Å². The Morgan fingerprint density at radius 3 is 2.59 bits per heavy atom. The summed E-state index contributed by atoms with van der Waals surface area (Å²) in [4.78, 5) is 17.6. The Morgan fingerprint density at radius 1 is 1.09 bits per heavy atom. The molecule has 0 N–H and O–H groups in total. The number of carbonyl (C=O) groups is 1. The minimum Gasteiger partial charge on any atom is -0.489 e. The quantitative estimate of drug-likeness (QED) is 0.420. The molecule has 0 saturated carbocycles. The number of ether oxygens (including phenoxy) is 1. The molecule has 32 heavy (non-hydrogen) atoms. The Labute approximate surface area is 201 Å². The van der Waals surface area contributed by atoms with E-state index in [0.717, 1.165) is 16.9 Å². The molecule has 1 aliphatic heterocycles. The number of amides is 1. The first kappa shape index (κ1) is 23.1. The molecular formula is C24H23Cl2FN2O2S. The third-order valence-corrected chi connectivity index (χ3v) is 7.25. The summed E-state index contributed by atoms with van der Waals surface area (Å²) in [6.45, 7) is 5.31. The topological polar surface area (TPSA) is 32.8 Å². The van der Waals surface area contributed by atoms with E-state index in [1.807, 2.05) is 41.5 Å². The molecule has 2 aromatic carbocycles. The van der Waals surface area contributed by atoms with Crippen LogP contribution in [0.3, 0.4) is 0 Å². The summed E-state index contributed by atoms with van der Waals surface area (Å²) in [5.74, 6) is 0.474.